The maximum absolute atomic E-state index is 12.4. The van der Waals surface area contributed by atoms with Gasteiger partial charge in [-0.15, -0.1) is 0 Å². The third kappa shape index (κ3) is 6.27. The monoisotopic (exact) mass is 490 g/mol. The third-order valence-corrected chi connectivity index (χ3v) is 4.80. The molecule has 0 atom stereocenters. The first-order valence-electron chi connectivity index (χ1n) is 9.57. The minimum Gasteiger partial charge on any atom is -0.488 e. The van der Waals surface area contributed by atoms with Gasteiger partial charge in [0, 0.05) is 33.8 Å². The Hall–Kier alpha value is -3.96. The van der Waals surface area contributed by atoms with Crippen molar-refractivity contribution in [2.75, 3.05) is 5.32 Å². The van der Waals surface area contributed by atoms with Gasteiger partial charge in [0.15, 0.2) is 0 Å². The number of nitrogens with zero attached hydrogens (tertiary/aromatic N) is 2. The molecule has 8 heteroatoms. The van der Waals surface area contributed by atoms with Crippen LogP contribution in [0.5, 0.6) is 5.75 Å². The fraction of sp³-hybridized carbons (Fsp3) is 0.0833. The number of carbonyl (C=O) groups excluding carboxylic acids is 2. The van der Waals surface area contributed by atoms with Gasteiger partial charge in [-0.2, -0.15) is 10.4 Å². The van der Waals surface area contributed by atoms with Crippen molar-refractivity contribution in [1.82, 2.24) is 5.43 Å². The molecule has 3 aromatic rings. The first-order chi connectivity index (χ1) is 15.5. The van der Waals surface area contributed by atoms with Gasteiger partial charge in [0.05, 0.1) is 17.8 Å². The quantitative estimate of drug-likeness (QED) is 0.372. The Kier molecular flexibility index (Phi) is 7.73. The number of ether oxygens (including phenoxy) is 1. The van der Waals surface area contributed by atoms with Crippen LogP contribution in [0.3, 0.4) is 0 Å². The third-order valence-electron chi connectivity index (χ3n) is 4.31. The van der Waals surface area contributed by atoms with Crippen LogP contribution in [0.1, 0.15) is 34.0 Å². The van der Waals surface area contributed by atoms with Gasteiger partial charge in [-0.1, -0.05) is 40.2 Å². The van der Waals surface area contributed by atoms with Crippen molar-refractivity contribution in [1.29, 1.82) is 5.26 Å². The molecule has 0 unspecified atom stereocenters. The summed E-state index contributed by atoms with van der Waals surface area (Å²) in [6.07, 6.45) is 1.48. The summed E-state index contributed by atoms with van der Waals surface area (Å²) in [6, 6.07) is 21.3. The lowest BCUT2D eigenvalue weighted by molar-refractivity contribution is -0.114. The van der Waals surface area contributed by atoms with Gasteiger partial charge in [0.25, 0.3) is 5.91 Å². The molecule has 0 aliphatic carbocycles. The van der Waals surface area contributed by atoms with Gasteiger partial charge in [-0.05, 0) is 42.5 Å². The van der Waals surface area contributed by atoms with Crippen molar-refractivity contribution < 1.29 is 14.3 Å². The fourth-order valence-electron chi connectivity index (χ4n) is 2.83. The molecule has 0 bridgehead atoms. The number of amides is 2. The van der Waals surface area contributed by atoms with E-state index in [9.17, 15) is 14.9 Å². The number of anilines is 1. The van der Waals surface area contributed by atoms with Gasteiger partial charge in [-0.25, -0.2) is 5.43 Å². The van der Waals surface area contributed by atoms with E-state index in [2.05, 4.69) is 37.8 Å². The number of rotatable bonds is 7. The Labute approximate surface area is 193 Å². The molecule has 7 nitrogen and oxygen atoms in total. The predicted molar refractivity (Wildman–Crippen MR) is 125 cm³/mol. The van der Waals surface area contributed by atoms with Crippen LogP contribution in [0.2, 0.25) is 0 Å². The van der Waals surface area contributed by atoms with Gasteiger partial charge >= 0.3 is 0 Å². The summed E-state index contributed by atoms with van der Waals surface area (Å²) in [5.74, 6) is -0.0966. The molecule has 0 aliphatic heterocycles. The van der Waals surface area contributed by atoms with E-state index >= 15 is 0 Å². The van der Waals surface area contributed by atoms with Crippen LogP contribution in [0.15, 0.2) is 76.3 Å². The molecule has 32 heavy (non-hydrogen) atoms. The van der Waals surface area contributed by atoms with Crippen molar-refractivity contribution in [2.45, 2.75) is 13.5 Å². The summed E-state index contributed by atoms with van der Waals surface area (Å²) < 4.78 is 6.72. The van der Waals surface area contributed by atoms with Crippen LogP contribution >= 0.6 is 15.9 Å². The standard InChI is InChI=1S/C24H19BrN4O3/c1-16(30)28-22-8-4-7-17(12-22)24(31)29-27-14-20-11-21(25)9-10-23(20)32-15-19-6-3-2-5-18(19)13-26/h2-12,14H,15H2,1H3,(H,28,30)(H,29,31). The normalized spacial score (nSPS) is 10.4. The largest absolute Gasteiger partial charge is 0.488 e. The number of nitrogens with one attached hydrogen (secondary N) is 2. The number of hydrogen-bond acceptors (Lipinski definition) is 5. The minimum atomic E-state index is -0.422. The molecule has 160 valence electrons. The first kappa shape index (κ1) is 22.7. The van der Waals surface area contributed by atoms with Crippen LogP contribution in [-0.4, -0.2) is 18.0 Å². The average molecular weight is 491 g/mol. The molecular formula is C24H19BrN4O3. The lowest BCUT2D eigenvalue weighted by atomic mass is 10.1. The van der Waals surface area contributed by atoms with Gasteiger partial charge in [-0.3, -0.25) is 9.59 Å². The van der Waals surface area contributed by atoms with Crippen molar-refractivity contribution in [3.05, 3.63) is 93.5 Å². The maximum Gasteiger partial charge on any atom is 0.271 e. The number of carbonyl (C=O) groups is 2. The highest BCUT2D eigenvalue weighted by molar-refractivity contribution is 9.10. The molecule has 0 saturated heterocycles. The lowest BCUT2D eigenvalue weighted by Gasteiger charge is -2.10. The molecule has 0 radical (unpaired) electrons. The molecule has 2 N–H and O–H groups in total. The van der Waals surface area contributed by atoms with Crippen LogP contribution in [0.25, 0.3) is 0 Å². The highest BCUT2D eigenvalue weighted by atomic mass is 79.9. The zero-order valence-corrected chi connectivity index (χ0v) is 18.7. The summed E-state index contributed by atoms with van der Waals surface area (Å²) in [7, 11) is 0. The van der Waals surface area contributed by atoms with E-state index in [1.807, 2.05) is 18.2 Å². The number of hydrogen-bond donors (Lipinski definition) is 2. The summed E-state index contributed by atoms with van der Waals surface area (Å²) in [5.41, 5.74) is 5.31. The highest BCUT2D eigenvalue weighted by Gasteiger charge is 2.08. The summed E-state index contributed by atoms with van der Waals surface area (Å²) >= 11 is 3.42. The molecule has 0 aromatic heterocycles. The second-order valence-corrected chi connectivity index (χ2v) is 7.62. The molecule has 2 amide bonds. The van der Waals surface area contributed by atoms with E-state index in [1.54, 1.807) is 48.5 Å². The van der Waals surface area contributed by atoms with Crippen molar-refractivity contribution in [3.63, 3.8) is 0 Å². The number of nitriles is 1. The molecule has 0 heterocycles. The van der Waals surface area contributed by atoms with E-state index in [0.717, 1.165) is 10.0 Å². The van der Waals surface area contributed by atoms with E-state index in [1.165, 1.54) is 13.1 Å². The minimum absolute atomic E-state index is 0.217. The maximum atomic E-state index is 12.4. The van der Waals surface area contributed by atoms with E-state index in [-0.39, 0.29) is 12.5 Å². The van der Waals surface area contributed by atoms with Crippen LogP contribution in [-0.2, 0) is 11.4 Å². The first-order valence-corrected chi connectivity index (χ1v) is 10.4. The SMILES string of the molecule is CC(=O)Nc1cccc(C(=O)NN=Cc2cc(Br)ccc2OCc2ccccc2C#N)c1. The number of benzene rings is 3. The Morgan fingerprint density at radius 2 is 1.94 bits per heavy atom. The highest BCUT2D eigenvalue weighted by Crippen LogP contribution is 2.23. The molecule has 0 fully saturated rings. The lowest BCUT2D eigenvalue weighted by Crippen LogP contribution is -2.18. The molecule has 0 saturated carbocycles. The Morgan fingerprint density at radius 1 is 1.12 bits per heavy atom. The van der Waals surface area contributed by atoms with Gasteiger partial charge in [0.1, 0.15) is 12.4 Å². The van der Waals surface area contributed by atoms with E-state index < -0.39 is 5.91 Å². The molecule has 3 aromatic carbocycles. The van der Waals surface area contributed by atoms with Crippen molar-refractivity contribution in [3.8, 4) is 11.8 Å². The second kappa shape index (κ2) is 10.9. The fourth-order valence-corrected chi connectivity index (χ4v) is 3.21. The smallest absolute Gasteiger partial charge is 0.271 e. The Bertz CT molecular complexity index is 1220. The van der Waals surface area contributed by atoms with Crippen LogP contribution in [0.4, 0.5) is 5.69 Å². The Balaban J connectivity index is 1.70. The van der Waals surface area contributed by atoms with Crippen LogP contribution < -0.4 is 15.5 Å². The Morgan fingerprint density at radius 3 is 2.72 bits per heavy atom. The summed E-state index contributed by atoms with van der Waals surface area (Å²) in [6.45, 7) is 1.61. The number of hydrazone groups is 1. The predicted octanol–water partition coefficient (Wildman–Crippen LogP) is 4.62. The zero-order chi connectivity index (χ0) is 22.9. The van der Waals surface area contributed by atoms with E-state index in [4.69, 9.17) is 4.74 Å². The molecular weight excluding hydrogens is 472 g/mol. The number of halogens is 1. The van der Waals surface area contributed by atoms with E-state index in [0.29, 0.717) is 28.1 Å². The summed E-state index contributed by atoms with van der Waals surface area (Å²) in [5, 5.41) is 15.9. The van der Waals surface area contributed by atoms with Gasteiger partial charge < -0.3 is 10.1 Å². The molecule has 0 aliphatic rings. The van der Waals surface area contributed by atoms with Crippen molar-refractivity contribution in [2.24, 2.45) is 5.10 Å². The van der Waals surface area contributed by atoms with Crippen molar-refractivity contribution >= 4 is 39.6 Å². The average Bonchev–Trinajstić information content (AvgIpc) is 2.78. The van der Waals surface area contributed by atoms with Crippen LogP contribution in [0, 0.1) is 11.3 Å². The topological polar surface area (TPSA) is 104 Å². The second-order valence-electron chi connectivity index (χ2n) is 6.70. The van der Waals surface area contributed by atoms with Gasteiger partial charge in [0.2, 0.25) is 5.91 Å². The molecule has 3 rings (SSSR count). The molecule has 0 spiro atoms. The summed E-state index contributed by atoms with van der Waals surface area (Å²) in [4.78, 5) is 23.6. The zero-order valence-electron chi connectivity index (χ0n) is 17.1.